The highest BCUT2D eigenvalue weighted by Crippen LogP contribution is 2.39. The zero-order valence-corrected chi connectivity index (χ0v) is 18.0. The van der Waals surface area contributed by atoms with Gasteiger partial charge in [-0.25, -0.2) is 4.98 Å². The summed E-state index contributed by atoms with van der Waals surface area (Å²) >= 11 is 3.28. The topological polar surface area (TPSA) is 63.4 Å². The molecule has 2 atom stereocenters. The number of aryl methyl sites for hydroxylation is 1. The van der Waals surface area contributed by atoms with Gasteiger partial charge in [0, 0.05) is 17.5 Å². The first-order chi connectivity index (χ1) is 13.6. The number of thioether (sulfide) groups is 1. The smallest absolute Gasteiger partial charge is 0.233 e. The number of amides is 1. The molecule has 3 aromatic rings. The third-order valence-electron chi connectivity index (χ3n) is 6.12. The van der Waals surface area contributed by atoms with Gasteiger partial charge in [0.25, 0.3) is 0 Å². The average Bonchev–Trinajstić information content (AvgIpc) is 3.26. The molecule has 0 N–H and O–H groups in total. The van der Waals surface area contributed by atoms with Crippen LogP contribution >= 0.6 is 23.1 Å². The Labute approximate surface area is 172 Å². The van der Waals surface area contributed by atoms with E-state index >= 15 is 0 Å². The number of rotatable bonds is 3. The van der Waals surface area contributed by atoms with Gasteiger partial charge in [0.2, 0.25) is 5.91 Å². The molecule has 0 spiro atoms. The zero-order valence-electron chi connectivity index (χ0n) is 16.3. The largest absolute Gasteiger partial charge is 0.339 e. The standard InChI is InChI=1S/C20H25N5OS2/c1-12-6-7-14-15(9-12)28-19-17(14)18-22-23-20(25(18)11-21-19)27-10-16(26)24-8-4-3-5-13(24)2/h11-13H,3-10H2,1-2H3/t12-,13-/m1/s1. The van der Waals surface area contributed by atoms with Crippen molar-refractivity contribution in [2.45, 2.75) is 63.6 Å². The number of hydrogen-bond donors (Lipinski definition) is 0. The SMILES string of the molecule is C[C@@H]1CCc2c(sc3ncn4c(SCC(=O)N5CCCC[C@H]5C)nnc4c23)C1. The highest BCUT2D eigenvalue weighted by Gasteiger charge is 2.25. The predicted octanol–water partition coefficient (Wildman–Crippen LogP) is 3.96. The first kappa shape index (κ1) is 18.4. The second-order valence-electron chi connectivity index (χ2n) is 8.17. The molecule has 5 rings (SSSR count). The first-order valence-corrected chi connectivity index (χ1v) is 12.0. The lowest BCUT2D eigenvalue weighted by atomic mass is 9.89. The monoisotopic (exact) mass is 415 g/mol. The molecule has 1 fully saturated rings. The minimum atomic E-state index is 0.199. The number of aromatic nitrogens is 4. The molecule has 2 aliphatic rings. The van der Waals surface area contributed by atoms with E-state index in [0.29, 0.717) is 11.8 Å². The van der Waals surface area contributed by atoms with Gasteiger partial charge >= 0.3 is 0 Å². The van der Waals surface area contributed by atoms with Crippen LogP contribution in [0.4, 0.5) is 0 Å². The van der Waals surface area contributed by atoms with Gasteiger partial charge in [0.1, 0.15) is 11.2 Å². The van der Waals surface area contributed by atoms with Gasteiger partial charge in [-0.2, -0.15) is 0 Å². The van der Waals surface area contributed by atoms with E-state index < -0.39 is 0 Å². The van der Waals surface area contributed by atoms with Gasteiger partial charge in [-0.1, -0.05) is 18.7 Å². The van der Waals surface area contributed by atoms with Crippen molar-refractivity contribution >= 4 is 44.9 Å². The molecule has 0 aromatic carbocycles. The fourth-order valence-corrected chi connectivity index (χ4v) is 6.63. The van der Waals surface area contributed by atoms with Crippen LogP contribution in [0.2, 0.25) is 0 Å². The summed E-state index contributed by atoms with van der Waals surface area (Å²) in [5.74, 6) is 1.34. The lowest BCUT2D eigenvalue weighted by Gasteiger charge is -2.33. The molecule has 4 heterocycles. The fourth-order valence-electron chi connectivity index (χ4n) is 4.50. The van der Waals surface area contributed by atoms with Crippen molar-refractivity contribution < 1.29 is 4.79 Å². The zero-order chi connectivity index (χ0) is 19.3. The molecule has 6 nitrogen and oxygen atoms in total. The molecule has 0 bridgehead atoms. The number of likely N-dealkylation sites (tertiary alicyclic amines) is 1. The van der Waals surface area contributed by atoms with Crippen LogP contribution in [-0.2, 0) is 17.6 Å². The van der Waals surface area contributed by atoms with Gasteiger partial charge < -0.3 is 4.90 Å². The third kappa shape index (κ3) is 3.10. The van der Waals surface area contributed by atoms with Gasteiger partial charge in [-0.05, 0) is 56.9 Å². The second kappa shape index (κ2) is 7.30. The molecule has 1 aliphatic carbocycles. The molecule has 1 aliphatic heterocycles. The molecular formula is C20H25N5OS2. The highest BCUT2D eigenvalue weighted by molar-refractivity contribution is 7.99. The number of piperidine rings is 1. The second-order valence-corrected chi connectivity index (χ2v) is 10.2. The lowest BCUT2D eigenvalue weighted by Crippen LogP contribution is -2.42. The van der Waals surface area contributed by atoms with Crippen molar-refractivity contribution in [1.29, 1.82) is 0 Å². The Balaban J connectivity index is 1.42. The summed E-state index contributed by atoms with van der Waals surface area (Å²) < 4.78 is 1.96. The molecule has 0 unspecified atom stereocenters. The van der Waals surface area contributed by atoms with E-state index in [1.165, 1.54) is 40.4 Å². The molecule has 8 heteroatoms. The van der Waals surface area contributed by atoms with Crippen LogP contribution in [-0.4, -0.2) is 48.7 Å². The van der Waals surface area contributed by atoms with E-state index in [2.05, 4.69) is 24.0 Å². The van der Waals surface area contributed by atoms with Crippen LogP contribution in [0.15, 0.2) is 11.5 Å². The van der Waals surface area contributed by atoms with Gasteiger partial charge in [0.15, 0.2) is 10.8 Å². The Morgan fingerprint density at radius 2 is 2.18 bits per heavy atom. The maximum Gasteiger partial charge on any atom is 0.233 e. The van der Waals surface area contributed by atoms with Crippen molar-refractivity contribution in [3.05, 3.63) is 16.8 Å². The van der Waals surface area contributed by atoms with E-state index in [9.17, 15) is 4.79 Å². The van der Waals surface area contributed by atoms with Crippen molar-refractivity contribution in [1.82, 2.24) is 24.5 Å². The maximum absolute atomic E-state index is 12.7. The quantitative estimate of drug-likeness (QED) is 0.606. The Hall–Kier alpha value is -1.67. The molecule has 0 radical (unpaired) electrons. The summed E-state index contributed by atoms with van der Waals surface area (Å²) in [5, 5.41) is 10.8. The Morgan fingerprint density at radius 3 is 3.04 bits per heavy atom. The Morgan fingerprint density at radius 1 is 1.29 bits per heavy atom. The van der Waals surface area contributed by atoms with Crippen LogP contribution in [0, 0.1) is 5.92 Å². The fraction of sp³-hybridized carbons (Fsp3) is 0.600. The minimum absolute atomic E-state index is 0.199. The molecule has 148 valence electrons. The van der Waals surface area contributed by atoms with E-state index in [-0.39, 0.29) is 5.91 Å². The first-order valence-electron chi connectivity index (χ1n) is 10.2. The maximum atomic E-state index is 12.7. The highest BCUT2D eigenvalue weighted by atomic mass is 32.2. The van der Waals surface area contributed by atoms with Crippen molar-refractivity contribution in [3.8, 4) is 0 Å². The van der Waals surface area contributed by atoms with Crippen LogP contribution in [0.1, 0.15) is 50.0 Å². The molecule has 0 saturated carbocycles. The molecular weight excluding hydrogens is 390 g/mol. The minimum Gasteiger partial charge on any atom is -0.339 e. The average molecular weight is 416 g/mol. The van der Waals surface area contributed by atoms with Crippen molar-refractivity contribution in [2.24, 2.45) is 5.92 Å². The van der Waals surface area contributed by atoms with Gasteiger partial charge in [0.05, 0.1) is 11.1 Å². The summed E-state index contributed by atoms with van der Waals surface area (Å²) in [6.07, 6.45) is 8.71. The number of carbonyl (C=O) groups is 1. The molecule has 1 saturated heterocycles. The van der Waals surface area contributed by atoms with E-state index in [4.69, 9.17) is 4.98 Å². The van der Waals surface area contributed by atoms with Crippen molar-refractivity contribution in [3.63, 3.8) is 0 Å². The van der Waals surface area contributed by atoms with E-state index in [1.54, 1.807) is 11.3 Å². The van der Waals surface area contributed by atoms with Crippen molar-refractivity contribution in [2.75, 3.05) is 12.3 Å². The summed E-state index contributed by atoms with van der Waals surface area (Å²) in [6, 6.07) is 0.345. The van der Waals surface area contributed by atoms with Gasteiger partial charge in [-0.3, -0.25) is 9.20 Å². The summed E-state index contributed by atoms with van der Waals surface area (Å²) in [4.78, 5) is 21.9. The predicted molar refractivity (Wildman–Crippen MR) is 113 cm³/mol. The Kier molecular flexibility index (Phi) is 4.79. The van der Waals surface area contributed by atoms with E-state index in [1.807, 2.05) is 15.6 Å². The molecule has 3 aromatic heterocycles. The van der Waals surface area contributed by atoms with Gasteiger partial charge in [-0.15, -0.1) is 21.5 Å². The number of carbonyl (C=O) groups excluding carboxylic acids is 1. The number of fused-ring (bicyclic) bond motifs is 5. The molecule has 1 amide bonds. The summed E-state index contributed by atoms with van der Waals surface area (Å²) in [6.45, 7) is 5.35. The van der Waals surface area contributed by atoms with Crippen LogP contribution in [0.3, 0.4) is 0 Å². The number of nitrogens with zero attached hydrogens (tertiary/aromatic N) is 5. The number of thiophene rings is 1. The summed E-state index contributed by atoms with van der Waals surface area (Å²) in [7, 11) is 0. The molecule has 28 heavy (non-hydrogen) atoms. The van der Waals surface area contributed by atoms with Crippen LogP contribution in [0.5, 0.6) is 0 Å². The normalized spacial score (nSPS) is 22.7. The number of hydrogen-bond acceptors (Lipinski definition) is 6. The third-order valence-corrected chi connectivity index (χ3v) is 8.21. The van der Waals surface area contributed by atoms with Crippen LogP contribution < -0.4 is 0 Å². The van der Waals surface area contributed by atoms with E-state index in [0.717, 1.165) is 53.8 Å². The Bertz CT molecular complexity index is 1040. The lowest BCUT2D eigenvalue weighted by molar-refractivity contribution is -0.131. The van der Waals surface area contributed by atoms with Crippen LogP contribution in [0.25, 0.3) is 15.9 Å². The summed E-state index contributed by atoms with van der Waals surface area (Å²) in [5.41, 5.74) is 2.30.